The Bertz CT molecular complexity index is 736. The van der Waals surface area contributed by atoms with Crippen molar-refractivity contribution >= 4 is 22.9 Å². The van der Waals surface area contributed by atoms with Gasteiger partial charge >= 0.3 is 0 Å². The Hall–Kier alpha value is -2.15. The molecule has 0 bridgehead atoms. The lowest BCUT2D eigenvalue weighted by Crippen LogP contribution is -2.40. The van der Waals surface area contributed by atoms with E-state index in [-0.39, 0.29) is 5.54 Å². The highest BCUT2D eigenvalue weighted by Gasteiger charge is 2.50. The van der Waals surface area contributed by atoms with Crippen molar-refractivity contribution in [2.45, 2.75) is 5.54 Å². The summed E-state index contributed by atoms with van der Waals surface area (Å²) in [5.74, 6) is 1.33. The second kappa shape index (κ2) is 5.49. The van der Waals surface area contributed by atoms with Gasteiger partial charge < -0.3 is 10.6 Å². The Morgan fingerprint density at radius 1 is 1.22 bits per heavy atom. The van der Waals surface area contributed by atoms with Crippen LogP contribution in [0.15, 0.2) is 47.7 Å². The first kappa shape index (κ1) is 14.4. The molecule has 4 rings (SSSR count). The normalized spacial score (nSPS) is 26.7. The number of fused-ring (bicyclic) bond motifs is 1. The quantitative estimate of drug-likeness (QED) is 0.913. The van der Waals surface area contributed by atoms with E-state index in [9.17, 15) is 4.39 Å². The summed E-state index contributed by atoms with van der Waals surface area (Å²) in [6.07, 6.45) is 2.40. The third-order valence-electron chi connectivity index (χ3n) is 4.45. The molecule has 23 heavy (non-hydrogen) atoms. The predicted octanol–water partition coefficient (Wildman–Crippen LogP) is 2.01. The second-order valence-corrected chi connectivity index (χ2v) is 6.87. The van der Waals surface area contributed by atoms with Crippen LogP contribution in [0.2, 0.25) is 0 Å². The Labute approximate surface area is 137 Å². The maximum atomic E-state index is 13.1. The van der Waals surface area contributed by atoms with E-state index < -0.39 is 5.82 Å². The summed E-state index contributed by atoms with van der Waals surface area (Å²) < 4.78 is 13.1. The molecule has 3 heterocycles. The van der Waals surface area contributed by atoms with Gasteiger partial charge in [-0.15, -0.1) is 0 Å². The molecule has 1 fully saturated rings. The van der Waals surface area contributed by atoms with Crippen LogP contribution in [0.4, 0.5) is 10.3 Å². The highest BCUT2D eigenvalue weighted by Crippen LogP contribution is 2.45. The molecule has 2 aliphatic rings. The van der Waals surface area contributed by atoms with Gasteiger partial charge in [0.15, 0.2) is 11.0 Å². The monoisotopic (exact) mass is 329 g/mol. The molecule has 0 amide bonds. The molecule has 1 aromatic carbocycles. The van der Waals surface area contributed by atoms with Crippen molar-refractivity contribution in [2.24, 2.45) is 16.6 Å². The Morgan fingerprint density at radius 3 is 2.70 bits per heavy atom. The van der Waals surface area contributed by atoms with E-state index in [0.29, 0.717) is 23.6 Å². The lowest BCUT2D eigenvalue weighted by atomic mass is 9.82. The molecule has 7 heteroatoms. The van der Waals surface area contributed by atoms with Gasteiger partial charge in [-0.25, -0.2) is 19.4 Å². The standard InChI is InChI=1S/C16H16FN5S/c17-13-6-19-15(20-7-13)22-8-12-9-23-14(18)21-16(12,10-22)11-4-2-1-3-5-11/h1-7,12H,8-10H2,(H2,18,21)/t12-,16?/m0/s1. The van der Waals surface area contributed by atoms with E-state index in [1.807, 2.05) is 18.2 Å². The van der Waals surface area contributed by atoms with Crippen LogP contribution < -0.4 is 10.6 Å². The zero-order chi connectivity index (χ0) is 15.9. The van der Waals surface area contributed by atoms with E-state index in [1.165, 1.54) is 12.4 Å². The number of aromatic nitrogens is 2. The lowest BCUT2D eigenvalue weighted by Gasteiger charge is -2.34. The maximum absolute atomic E-state index is 13.1. The van der Waals surface area contributed by atoms with Gasteiger partial charge in [0, 0.05) is 18.2 Å². The summed E-state index contributed by atoms with van der Waals surface area (Å²) in [7, 11) is 0. The van der Waals surface area contributed by atoms with Crippen molar-refractivity contribution in [1.82, 2.24) is 9.97 Å². The van der Waals surface area contributed by atoms with Crippen molar-refractivity contribution in [2.75, 3.05) is 23.7 Å². The largest absolute Gasteiger partial charge is 0.379 e. The molecule has 0 aliphatic carbocycles. The summed E-state index contributed by atoms with van der Waals surface area (Å²) in [5.41, 5.74) is 6.80. The third kappa shape index (κ3) is 2.45. The van der Waals surface area contributed by atoms with Gasteiger partial charge in [-0.05, 0) is 5.56 Å². The third-order valence-corrected chi connectivity index (χ3v) is 5.41. The smallest absolute Gasteiger partial charge is 0.225 e. The number of nitrogens with zero attached hydrogens (tertiary/aromatic N) is 4. The Balaban J connectivity index is 1.75. The maximum Gasteiger partial charge on any atom is 0.225 e. The Kier molecular flexibility index (Phi) is 3.45. The number of halogens is 1. The Morgan fingerprint density at radius 2 is 1.96 bits per heavy atom. The van der Waals surface area contributed by atoms with E-state index in [1.54, 1.807) is 11.8 Å². The van der Waals surface area contributed by atoms with Crippen LogP contribution in [0.3, 0.4) is 0 Å². The van der Waals surface area contributed by atoms with Crippen molar-refractivity contribution in [3.8, 4) is 0 Å². The average Bonchev–Trinajstić information content (AvgIpc) is 2.96. The lowest BCUT2D eigenvalue weighted by molar-refractivity contribution is 0.387. The first-order chi connectivity index (χ1) is 11.2. The van der Waals surface area contributed by atoms with Crippen LogP contribution in [-0.2, 0) is 5.54 Å². The summed E-state index contributed by atoms with van der Waals surface area (Å²) in [4.78, 5) is 15.1. The van der Waals surface area contributed by atoms with Gasteiger partial charge in [-0.1, -0.05) is 42.1 Å². The fraction of sp³-hybridized carbons (Fsp3) is 0.312. The number of benzene rings is 1. The fourth-order valence-electron chi connectivity index (χ4n) is 3.37. The second-order valence-electron chi connectivity index (χ2n) is 5.83. The van der Waals surface area contributed by atoms with Gasteiger partial charge in [0.05, 0.1) is 18.9 Å². The number of hydrogen-bond donors (Lipinski definition) is 1. The average molecular weight is 329 g/mol. The summed E-state index contributed by atoms with van der Waals surface area (Å²) in [6, 6.07) is 10.2. The summed E-state index contributed by atoms with van der Waals surface area (Å²) in [5, 5.41) is 0.618. The van der Waals surface area contributed by atoms with Gasteiger partial charge in [0.25, 0.3) is 0 Å². The van der Waals surface area contributed by atoms with Crippen molar-refractivity contribution in [1.29, 1.82) is 0 Å². The molecular formula is C16H16FN5S. The number of hydrogen-bond acceptors (Lipinski definition) is 6. The van der Waals surface area contributed by atoms with Crippen molar-refractivity contribution < 1.29 is 4.39 Å². The summed E-state index contributed by atoms with van der Waals surface area (Å²) in [6.45, 7) is 1.43. The SMILES string of the molecule is NC1=NC2(c3ccccc3)CN(c3ncc(F)cn3)C[C@H]2CS1. The molecule has 0 spiro atoms. The number of thioether (sulfide) groups is 1. The molecule has 118 valence electrons. The molecule has 2 aromatic rings. The number of rotatable bonds is 2. The van der Waals surface area contributed by atoms with E-state index >= 15 is 0 Å². The first-order valence-corrected chi connectivity index (χ1v) is 8.42. The van der Waals surface area contributed by atoms with Crippen LogP contribution in [0, 0.1) is 11.7 Å². The molecule has 1 aromatic heterocycles. The molecule has 1 unspecified atom stereocenters. The number of aliphatic imine (C=N–C) groups is 1. The molecule has 2 aliphatic heterocycles. The van der Waals surface area contributed by atoms with Crippen LogP contribution >= 0.6 is 11.8 Å². The van der Waals surface area contributed by atoms with Crippen LogP contribution in [0.5, 0.6) is 0 Å². The minimum atomic E-state index is -0.430. The number of amidine groups is 1. The molecule has 2 N–H and O–H groups in total. The zero-order valence-electron chi connectivity index (χ0n) is 12.4. The number of anilines is 1. The van der Waals surface area contributed by atoms with Crippen LogP contribution in [-0.4, -0.2) is 34.0 Å². The van der Waals surface area contributed by atoms with Gasteiger partial charge in [-0.3, -0.25) is 0 Å². The summed E-state index contributed by atoms with van der Waals surface area (Å²) >= 11 is 1.59. The number of nitrogens with two attached hydrogens (primary N) is 1. The topological polar surface area (TPSA) is 67.4 Å². The predicted molar refractivity (Wildman–Crippen MR) is 89.9 cm³/mol. The van der Waals surface area contributed by atoms with Gasteiger partial charge in [-0.2, -0.15) is 0 Å². The van der Waals surface area contributed by atoms with E-state index in [0.717, 1.165) is 17.9 Å². The van der Waals surface area contributed by atoms with E-state index in [4.69, 9.17) is 10.7 Å². The van der Waals surface area contributed by atoms with Crippen molar-refractivity contribution in [3.05, 3.63) is 54.1 Å². The van der Waals surface area contributed by atoms with Crippen molar-refractivity contribution in [3.63, 3.8) is 0 Å². The fourth-order valence-corrected chi connectivity index (χ4v) is 4.35. The van der Waals surface area contributed by atoms with Crippen LogP contribution in [0.1, 0.15) is 5.56 Å². The van der Waals surface area contributed by atoms with Gasteiger partial charge in [0.2, 0.25) is 5.95 Å². The van der Waals surface area contributed by atoms with E-state index in [2.05, 4.69) is 27.0 Å². The highest BCUT2D eigenvalue weighted by molar-refractivity contribution is 8.13. The molecular weight excluding hydrogens is 313 g/mol. The molecule has 5 nitrogen and oxygen atoms in total. The zero-order valence-corrected chi connectivity index (χ0v) is 13.2. The minimum absolute atomic E-state index is 0.316. The minimum Gasteiger partial charge on any atom is -0.379 e. The molecule has 0 saturated carbocycles. The molecule has 2 atom stereocenters. The highest BCUT2D eigenvalue weighted by atomic mass is 32.2. The van der Waals surface area contributed by atoms with Gasteiger partial charge in [0.1, 0.15) is 5.54 Å². The first-order valence-electron chi connectivity index (χ1n) is 7.43. The molecule has 0 radical (unpaired) electrons. The van der Waals surface area contributed by atoms with Crippen LogP contribution in [0.25, 0.3) is 0 Å². The molecule has 1 saturated heterocycles.